The lowest BCUT2D eigenvalue weighted by molar-refractivity contribution is -0.129. The third kappa shape index (κ3) is 4.77. The number of ether oxygens (including phenoxy) is 1. The molecule has 1 aromatic rings. The summed E-state index contributed by atoms with van der Waals surface area (Å²) in [6.07, 6.45) is 1.17. The van der Waals surface area contributed by atoms with E-state index in [0.29, 0.717) is 32.6 Å². The zero-order valence-corrected chi connectivity index (χ0v) is 14.3. The first-order valence-corrected chi connectivity index (χ1v) is 8.53. The van der Waals surface area contributed by atoms with Crippen LogP contribution in [-0.2, 0) is 22.6 Å². The second-order valence-corrected chi connectivity index (χ2v) is 6.18. The van der Waals surface area contributed by atoms with Gasteiger partial charge in [0.25, 0.3) is 0 Å². The van der Waals surface area contributed by atoms with Gasteiger partial charge in [-0.05, 0) is 37.1 Å². The number of amides is 1. The van der Waals surface area contributed by atoms with Crippen LogP contribution in [0.25, 0.3) is 0 Å². The molecule has 0 saturated carbocycles. The summed E-state index contributed by atoms with van der Waals surface area (Å²) in [5.74, 6) is -0.0709. The smallest absolute Gasteiger partial charge is 0.240 e. The molecule has 0 unspecified atom stereocenters. The molecule has 1 aliphatic rings. The van der Waals surface area contributed by atoms with Crippen molar-refractivity contribution in [2.45, 2.75) is 45.3 Å². The molecule has 1 amide bonds. The van der Waals surface area contributed by atoms with Gasteiger partial charge < -0.3 is 15.8 Å². The third-order valence-electron chi connectivity index (χ3n) is 4.68. The van der Waals surface area contributed by atoms with Gasteiger partial charge in [0.2, 0.25) is 5.91 Å². The standard InChI is InChI=1S/C18H29N3O2/c1-3-21(4-2)14-16-8-6-5-7-15(16)13-20-17(22)18(19)9-11-23-12-10-18/h5-8H,3-4,9-14,19H2,1-2H3,(H,20,22). The van der Waals surface area contributed by atoms with Crippen LogP contribution < -0.4 is 11.1 Å². The van der Waals surface area contributed by atoms with Gasteiger partial charge in [-0.15, -0.1) is 0 Å². The number of benzene rings is 1. The van der Waals surface area contributed by atoms with Crippen molar-refractivity contribution in [3.05, 3.63) is 35.4 Å². The minimum atomic E-state index is -0.786. The quantitative estimate of drug-likeness (QED) is 0.802. The van der Waals surface area contributed by atoms with E-state index in [2.05, 4.69) is 36.2 Å². The fourth-order valence-corrected chi connectivity index (χ4v) is 2.89. The summed E-state index contributed by atoms with van der Waals surface area (Å²) >= 11 is 0. The first-order chi connectivity index (χ1) is 11.1. The number of hydrogen-bond donors (Lipinski definition) is 2. The fraction of sp³-hybridized carbons (Fsp3) is 0.611. The minimum Gasteiger partial charge on any atom is -0.381 e. The molecule has 5 nitrogen and oxygen atoms in total. The van der Waals surface area contributed by atoms with Crippen molar-refractivity contribution in [3.8, 4) is 0 Å². The van der Waals surface area contributed by atoms with Crippen molar-refractivity contribution in [3.63, 3.8) is 0 Å². The highest BCUT2D eigenvalue weighted by atomic mass is 16.5. The molecule has 5 heteroatoms. The van der Waals surface area contributed by atoms with Crippen LogP contribution in [0.5, 0.6) is 0 Å². The summed E-state index contributed by atoms with van der Waals surface area (Å²) in [5.41, 5.74) is 7.86. The number of hydrogen-bond acceptors (Lipinski definition) is 4. The molecule has 2 rings (SSSR count). The summed E-state index contributed by atoms with van der Waals surface area (Å²) in [7, 11) is 0. The number of nitrogens with two attached hydrogens (primary N) is 1. The SMILES string of the molecule is CCN(CC)Cc1ccccc1CNC(=O)C1(N)CCOCC1. The predicted octanol–water partition coefficient (Wildman–Crippen LogP) is 1.65. The number of carbonyl (C=O) groups excluding carboxylic acids is 1. The molecule has 1 fully saturated rings. The van der Waals surface area contributed by atoms with Crippen LogP contribution in [0.15, 0.2) is 24.3 Å². The van der Waals surface area contributed by atoms with E-state index in [1.165, 1.54) is 5.56 Å². The maximum Gasteiger partial charge on any atom is 0.240 e. The van der Waals surface area contributed by atoms with E-state index in [1.807, 2.05) is 12.1 Å². The highest BCUT2D eigenvalue weighted by Crippen LogP contribution is 2.18. The van der Waals surface area contributed by atoms with Gasteiger partial charge in [-0.2, -0.15) is 0 Å². The molecule has 1 aromatic carbocycles. The fourth-order valence-electron chi connectivity index (χ4n) is 2.89. The van der Waals surface area contributed by atoms with Crippen molar-refractivity contribution in [1.82, 2.24) is 10.2 Å². The van der Waals surface area contributed by atoms with Crippen molar-refractivity contribution < 1.29 is 9.53 Å². The monoisotopic (exact) mass is 319 g/mol. The highest BCUT2D eigenvalue weighted by Gasteiger charge is 2.35. The molecular weight excluding hydrogens is 290 g/mol. The van der Waals surface area contributed by atoms with Gasteiger partial charge in [-0.25, -0.2) is 0 Å². The molecule has 0 aromatic heterocycles. The summed E-state index contributed by atoms with van der Waals surface area (Å²) in [5, 5.41) is 3.02. The molecule has 0 radical (unpaired) electrons. The molecule has 128 valence electrons. The number of nitrogens with zero attached hydrogens (tertiary/aromatic N) is 1. The van der Waals surface area contributed by atoms with Crippen LogP contribution in [0, 0.1) is 0 Å². The Bertz CT molecular complexity index is 509. The molecule has 23 heavy (non-hydrogen) atoms. The van der Waals surface area contributed by atoms with Crippen LogP contribution in [0.2, 0.25) is 0 Å². The Kier molecular flexibility index (Phi) is 6.57. The molecule has 0 atom stereocenters. The lowest BCUT2D eigenvalue weighted by Crippen LogP contribution is -2.56. The van der Waals surface area contributed by atoms with Crippen molar-refractivity contribution in [1.29, 1.82) is 0 Å². The van der Waals surface area contributed by atoms with E-state index >= 15 is 0 Å². The van der Waals surface area contributed by atoms with E-state index in [0.717, 1.165) is 25.2 Å². The van der Waals surface area contributed by atoms with Gasteiger partial charge in [0.05, 0.1) is 5.54 Å². The summed E-state index contributed by atoms with van der Waals surface area (Å²) < 4.78 is 5.30. The van der Waals surface area contributed by atoms with Gasteiger partial charge in [0.15, 0.2) is 0 Å². The number of rotatable bonds is 7. The Labute approximate surface area is 139 Å². The average Bonchev–Trinajstić information content (AvgIpc) is 2.59. The van der Waals surface area contributed by atoms with E-state index in [-0.39, 0.29) is 5.91 Å². The molecule has 0 spiro atoms. The molecule has 0 bridgehead atoms. The van der Waals surface area contributed by atoms with Gasteiger partial charge in [0.1, 0.15) is 0 Å². The normalized spacial score (nSPS) is 17.2. The summed E-state index contributed by atoms with van der Waals surface area (Å²) in [4.78, 5) is 14.8. The first kappa shape index (κ1) is 17.9. The third-order valence-corrected chi connectivity index (χ3v) is 4.68. The van der Waals surface area contributed by atoms with Crippen molar-refractivity contribution >= 4 is 5.91 Å². The van der Waals surface area contributed by atoms with Crippen LogP contribution in [-0.4, -0.2) is 42.6 Å². The van der Waals surface area contributed by atoms with Crippen LogP contribution in [0.3, 0.4) is 0 Å². The summed E-state index contributed by atoms with van der Waals surface area (Å²) in [6.45, 7) is 8.91. The lowest BCUT2D eigenvalue weighted by atomic mass is 9.90. The second-order valence-electron chi connectivity index (χ2n) is 6.18. The lowest BCUT2D eigenvalue weighted by Gasteiger charge is -2.32. The molecule has 1 heterocycles. The predicted molar refractivity (Wildman–Crippen MR) is 91.9 cm³/mol. The molecule has 0 aliphatic carbocycles. The largest absolute Gasteiger partial charge is 0.381 e. The zero-order chi connectivity index (χ0) is 16.7. The second kappa shape index (κ2) is 8.43. The topological polar surface area (TPSA) is 67.6 Å². The molecule has 1 aliphatic heterocycles. The molecule has 3 N–H and O–H groups in total. The zero-order valence-electron chi connectivity index (χ0n) is 14.3. The number of carbonyl (C=O) groups is 1. The maximum absolute atomic E-state index is 12.4. The van der Waals surface area contributed by atoms with Crippen LogP contribution in [0.1, 0.15) is 37.8 Å². The van der Waals surface area contributed by atoms with Crippen molar-refractivity contribution in [2.24, 2.45) is 5.73 Å². The molecular formula is C18H29N3O2. The van der Waals surface area contributed by atoms with Gasteiger partial charge in [-0.3, -0.25) is 9.69 Å². The van der Waals surface area contributed by atoms with Gasteiger partial charge in [0, 0.05) is 26.3 Å². The van der Waals surface area contributed by atoms with Gasteiger partial charge >= 0.3 is 0 Å². The Morgan fingerprint density at radius 2 is 1.83 bits per heavy atom. The molecule has 1 saturated heterocycles. The number of nitrogens with one attached hydrogen (secondary N) is 1. The first-order valence-electron chi connectivity index (χ1n) is 8.53. The van der Waals surface area contributed by atoms with Crippen LogP contribution >= 0.6 is 0 Å². The van der Waals surface area contributed by atoms with Gasteiger partial charge in [-0.1, -0.05) is 38.1 Å². The average molecular weight is 319 g/mol. The maximum atomic E-state index is 12.4. The highest BCUT2D eigenvalue weighted by molar-refractivity contribution is 5.86. The van der Waals surface area contributed by atoms with E-state index in [1.54, 1.807) is 0 Å². The Balaban J connectivity index is 1.98. The van der Waals surface area contributed by atoms with E-state index in [4.69, 9.17) is 10.5 Å². The Morgan fingerprint density at radius 1 is 1.22 bits per heavy atom. The van der Waals surface area contributed by atoms with E-state index in [9.17, 15) is 4.79 Å². The Hall–Kier alpha value is -1.43. The minimum absolute atomic E-state index is 0.0709. The Morgan fingerprint density at radius 3 is 2.43 bits per heavy atom. The summed E-state index contributed by atoms with van der Waals surface area (Å²) in [6, 6.07) is 8.27. The van der Waals surface area contributed by atoms with Crippen molar-refractivity contribution in [2.75, 3.05) is 26.3 Å². The van der Waals surface area contributed by atoms with Crippen LogP contribution in [0.4, 0.5) is 0 Å². The van der Waals surface area contributed by atoms with E-state index < -0.39 is 5.54 Å².